The second-order valence-corrected chi connectivity index (χ2v) is 7.45. The maximum atomic E-state index is 3.83. The zero-order valence-electron chi connectivity index (χ0n) is 14.4. The second-order valence-electron chi connectivity index (χ2n) is 7.45. The first-order chi connectivity index (χ1) is 10.1. The minimum Gasteiger partial charge on any atom is -0.310 e. The van der Waals surface area contributed by atoms with Crippen molar-refractivity contribution in [3.63, 3.8) is 0 Å². The Kier molecular flexibility index (Phi) is 6.29. The fourth-order valence-electron chi connectivity index (χ4n) is 3.80. The summed E-state index contributed by atoms with van der Waals surface area (Å²) in [5.41, 5.74) is 3.01. The van der Waals surface area contributed by atoms with Crippen LogP contribution in [0.2, 0.25) is 0 Å². The molecule has 1 aromatic rings. The third kappa shape index (κ3) is 4.85. The van der Waals surface area contributed by atoms with Crippen LogP contribution in [0.15, 0.2) is 24.3 Å². The van der Waals surface area contributed by atoms with Gasteiger partial charge in [-0.15, -0.1) is 0 Å². The number of hydrogen-bond donors (Lipinski definition) is 1. The van der Waals surface area contributed by atoms with Crippen LogP contribution in [0.1, 0.15) is 70.5 Å². The first-order valence-electron chi connectivity index (χ1n) is 8.92. The van der Waals surface area contributed by atoms with Gasteiger partial charge in [0, 0.05) is 6.04 Å². The van der Waals surface area contributed by atoms with Crippen LogP contribution in [0.25, 0.3) is 0 Å². The molecule has 0 amide bonds. The fourth-order valence-corrected chi connectivity index (χ4v) is 3.80. The van der Waals surface area contributed by atoms with Gasteiger partial charge in [0.05, 0.1) is 0 Å². The Morgan fingerprint density at radius 1 is 1.24 bits per heavy atom. The van der Waals surface area contributed by atoms with Gasteiger partial charge in [0.15, 0.2) is 0 Å². The van der Waals surface area contributed by atoms with Gasteiger partial charge in [0.2, 0.25) is 0 Å². The summed E-state index contributed by atoms with van der Waals surface area (Å²) in [7, 11) is 0. The molecule has 0 radical (unpaired) electrons. The van der Waals surface area contributed by atoms with Crippen LogP contribution in [0.3, 0.4) is 0 Å². The number of rotatable bonds is 7. The summed E-state index contributed by atoms with van der Waals surface area (Å²) in [5, 5.41) is 3.83. The van der Waals surface area contributed by atoms with E-state index in [9.17, 15) is 0 Å². The van der Waals surface area contributed by atoms with E-state index in [1.807, 2.05) is 0 Å². The first kappa shape index (κ1) is 16.5. The fraction of sp³-hybridized carbons (Fsp3) is 0.700. The van der Waals surface area contributed by atoms with Crippen molar-refractivity contribution in [2.75, 3.05) is 6.54 Å². The molecule has 1 aliphatic carbocycles. The molecule has 1 saturated carbocycles. The molecule has 0 heterocycles. The molecule has 1 N–H and O–H groups in total. The van der Waals surface area contributed by atoms with Crippen molar-refractivity contribution < 1.29 is 0 Å². The molecule has 0 saturated heterocycles. The van der Waals surface area contributed by atoms with Gasteiger partial charge in [-0.3, -0.25) is 0 Å². The van der Waals surface area contributed by atoms with Crippen LogP contribution in [0, 0.1) is 17.8 Å². The van der Waals surface area contributed by atoms with Crippen LogP contribution in [0.4, 0.5) is 0 Å². The highest BCUT2D eigenvalue weighted by Crippen LogP contribution is 2.39. The van der Waals surface area contributed by atoms with E-state index in [1.54, 1.807) is 0 Å². The highest BCUT2D eigenvalue weighted by molar-refractivity contribution is 5.27. The maximum absolute atomic E-state index is 3.83. The van der Waals surface area contributed by atoms with Crippen LogP contribution >= 0.6 is 0 Å². The molecule has 118 valence electrons. The Balaban J connectivity index is 2.15. The monoisotopic (exact) mass is 287 g/mol. The lowest BCUT2D eigenvalue weighted by atomic mass is 9.89. The summed E-state index contributed by atoms with van der Waals surface area (Å²) in [6, 6.07) is 9.89. The van der Waals surface area contributed by atoms with Crippen molar-refractivity contribution in [1.82, 2.24) is 5.32 Å². The van der Waals surface area contributed by atoms with Crippen molar-refractivity contribution in [3.05, 3.63) is 35.4 Å². The van der Waals surface area contributed by atoms with Crippen molar-refractivity contribution in [3.8, 4) is 0 Å². The lowest BCUT2D eigenvalue weighted by molar-refractivity contribution is 0.359. The van der Waals surface area contributed by atoms with Gasteiger partial charge in [-0.1, -0.05) is 58.4 Å². The molecule has 1 heteroatoms. The molecule has 3 unspecified atom stereocenters. The highest BCUT2D eigenvalue weighted by Gasteiger charge is 2.29. The Bertz CT molecular complexity index is 424. The normalized spacial score (nSPS) is 23.7. The third-order valence-corrected chi connectivity index (χ3v) is 4.78. The van der Waals surface area contributed by atoms with E-state index in [2.05, 4.69) is 57.3 Å². The molecule has 0 aliphatic heterocycles. The van der Waals surface area contributed by atoms with Gasteiger partial charge in [-0.2, -0.15) is 0 Å². The predicted octanol–water partition coefficient (Wildman–Crippen LogP) is 5.36. The quantitative estimate of drug-likeness (QED) is 0.711. The minimum atomic E-state index is 0.557. The molecular formula is C20H33N. The molecule has 1 aromatic carbocycles. The molecule has 3 atom stereocenters. The van der Waals surface area contributed by atoms with Crippen LogP contribution in [-0.2, 0) is 6.42 Å². The van der Waals surface area contributed by atoms with Crippen molar-refractivity contribution in [2.24, 2.45) is 17.8 Å². The number of benzene rings is 1. The van der Waals surface area contributed by atoms with Gasteiger partial charge < -0.3 is 5.32 Å². The smallest absolute Gasteiger partial charge is 0.0348 e. The average Bonchev–Trinajstić information content (AvgIpc) is 2.85. The van der Waals surface area contributed by atoms with Crippen LogP contribution < -0.4 is 5.32 Å². The molecule has 21 heavy (non-hydrogen) atoms. The zero-order valence-corrected chi connectivity index (χ0v) is 14.4. The van der Waals surface area contributed by atoms with E-state index in [-0.39, 0.29) is 0 Å². The summed E-state index contributed by atoms with van der Waals surface area (Å²) in [6.07, 6.45) is 6.58. The van der Waals surface area contributed by atoms with E-state index >= 15 is 0 Å². The van der Waals surface area contributed by atoms with Crippen molar-refractivity contribution in [1.29, 1.82) is 0 Å². The number of hydrogen-bond acceptors (Lipinski definition) is 1. The highest BCUT2D eigenvalue weighted by atomic mass is 14.9. The SMILES string of the molecule is CCCNC(c1cccc(CC(C)C)c1)C1CCC(C)C1. The summed E-state index contributed by atoms with van der Waals surface area (Å²) >= 11 is 0. The first-order valence-corrected chi connectivity index (χ1v) is 8.92. The molecule has 2 rings (SSSR count). The average molecular weight is 287 g/mol. The lowest BCUT2D eigenvalue weighted by Crippen LogP contribution is -2.28. The van der Waals surface area contributed by atoms with Crippen LogP contribution in [0.5, 0.6) is 0 Å². The number of nitrogens with one attached hydrogen (secondary N) is 1. The lowest BCUT2D eigenvalue weighted by Gasteiger charge is -2.26. The Morgan fingerprint density at radius 3 is 2.67 bits per heavy atom. The Morgan fingerprint density at radius 2 is 2.05 bits per heavy atom. The topological polar surface area (TPSA) is 12.0 Å². The second kappa shape index (κ2) is 7.98. The van der Waals surface area contributed by atoms with E-state index in [4.69, 9.17) is 0 Å². The molecule has 0 bridgehead atoms. The standard InChI is InChI=1S/C20H33N/c1-5-11-21-20(19-10-9-16(4)13-19)18-8-6-7-17(14-18)12-15(2)3/h6-8,14-16,19-21H,5,9-13H2,1-4H3. The minimum absolute atomic E-state index is 0.557. The van der Waals surface area contributed by atoms with E-state index in [1.165, 1.54) is 43.2 Å². The summed E-state index contributed by atoms with van der Waals surface area (Å²) < 4.78 is 0. The zero-order chi connectivity index (χ0) is 15.2. The van der Waals surface area contributed by atoms with Crippen molar-refractivity contribution >= 4 is 0 Å². The van der Waals surface area contributed by atoms with E-state index in [0.717, 1.165) is 24.3 Å². The van der Waals surface area contributed by atoms with Gasteiger partial charge in [-0.05, 0) is 61.1 Å². The van der Waals surface area contributed by atoms with Gasteiger partial charge in [-0.25, -0.2) is 0 Å². The molecule has 1 aliphatic rings. The van der Waals surface area contributed by atoms with Gasteiger partial charge in [0.25, 0.3) is 0 Å². The summed E-state index contributed by atoms with van der Waals surface area (Å²) in [5.74, 6) is 2.45. The predicted molar refractivity (Wildman–Crippen MR) is 92.5 cm³/mol. The van der Waals surface area contributed by atoms with E-state index in [0.29, 0.717) is 6.04 Å². The molecule has 1 nitrogen and oxygen atoms in total. The summed E-state index contributed by atoms with van der Waals surface area (Å²) in [4.78, 5) is 0. The molecule has 0 aromatic heterocycles. The van der Waals surface area contributed by atoms with Crippen molar-refractivity contribution in [2.45, 2.75) is 65.8 Å². The van der Waals surface area contributed by atoms with E-state index < -0.39 is 0 Å². The Labute approximate surface area is 131 Å². The van der Waals surface area contributed by atoms with Gasteiger partial charge in [0.1, 0.15) is 0 Å². The third-order valence-electron chi connectivity index (χ3n) is 4.78. The largest absolute Gasteiger partial charge is 0.310 e. The molecule has 0 spiro atoms. The summed E-state index contributed by atoms with van der Waals surface area (Å²) in [6.45, 7) is 10.4. The van der Waals surface area contributed by atoms with Gasteiger partial charge >= 0.3 is 0 Å². The Hall–Kier alpha value is -0.820. The van der Waals surface area contributed by atoms with Crippen LogP contribution in [-0.4, -0.2) is 6.54 Å². The molecule has 1 fully saturated rings. The maximum Gasteiger partial charge on any atom is 0.0348 e. The molecular weight excluding hydrogens is 254 g/mol.